The predicted octanol–water partition coefficient (Wildman–Crippen LogP) is 1.34. The Hall–Kier alpha value is -2.08. The van der Waals surface area contributed by atoms with E-state index in [-0.39, 0.29) is 6.61 Å². The number of nitrogens with zero attached hydrogens (tertiary/aromatic N) is 3. The van der Waals surface area contributed by atoms with Gasteiger partial charge in [0.25, 0.3) is 0 Å². The van der Waals surface area contributed by atoms with Crippen LogP contribution in [0.25, 0.3) is 5.69 Å². The Kier molecular flexibility index (Phi) is 4.01. The number of benzene rings is 1. The van der Waals surface area contributed by atoms with E-state index in [4.69, 9.17) is 9.47 Å². The molecule has 0 spiro atoms. The minimum absolute atomic E-state index is 0.130. The van der Waals surface area contributed by atoms with Crippen LogP contribution in [0.4, 0.5) is 0 Å². The first-order valence-corrected chi connectivity index (χ1v) is 6.01. The molecule has 0 saturated carbocycles. The topological polar surface area (TPSA) is 69.4 Å². The highest BCUT2D eigenvalue weighted by Crippen LogP contribution is 2.28. The fourth-order valence-corrected chi connectivity index (χ4v) is 1.97. The molecule has 0 amide bonds. The zero-order valence-electron chi connectivity index (χ0n) is 11.3. The maximum Gasteiger partial charge on any atom is 0.144 e. The molecule has 1 aromatic carbocycles. The van der Waals surface area contributed by atoms with E-state index in [1.165, 1.54) is 0 Å². The van der Waals surface area contributed by atoms with E-state index in [0.29, 0.717) is 23.6 Å². The van der Waals surface area contributed by atoms with E-state index in [0.717, 1.165) is 11.4 Å². The second kappa shape index (κ2) is 5.71. The van der Waals surface area contributed by atoms with Gasteiger partial charge in [0.2, 0.25) is 0 Å². The normalized spacial score (nSPS) is 10.5. The molecule has 2 rings (SSSR count). The molecule has 0 saturated heterocycles. The molecule has 1 N–H and O–H groups in total. The third-order valence-corrected chi connectivity index (χ3v) is 2.94. The SMILES string of the molecule is CCc1c(CO)nnn1-c1cc(OC)ccc1OC. The van der Waals surface area contributed by atoms with Gasteiger partial charge >= 0.3 is 0 Å². The number of hydrogen-bond donors (Lipinski definition) is 1. The standard InChI is InChI=1S/C13H17N3O3/c1-4-11-10(8-17)14-15-16(11)12-7-9(18-2)5-6-13(12)19-3/h5-7,17H,4,8H2,1-3H3. The molecule has 2 aromatic rings. The number of aliphatic hydroxyl groups is 1. The Bertz CT molecular complexity index is 566. The highest BCUT2D eigenvalue weighted by molar-refractivity contribution is 5.51. The van der Waals surface area contributed by atoms with Crippen molar-refractivity contribution >= 4 is 0 Å². The Morgan fingerprint density at radius 1 is 1.26 bits per heavy atom. The summed E-state index contributed by atoms with van der Waals surface area (Å²) in [5.41, 5.74) is 2.17. The van der Waals surface area contributed by atoms with E-state index < -0.39 is 0 Å². The van der Waals surface area contributed by atoms with Crippen molar-refractivity contribution in [3.05, 3.63) is 29.6 Å². The average Bonchev–Trinajstić information content (AvgIpc) is 2.89. The van der Waals surface area contributed by atoms with Crippen molar-refractivity contribution in [2.24, 2.45) is 0 Å². The number of ether oxygens (including phenoxy) is 2. The largest absolute Gasteiger partial charge is 0.497 e. The molecule has 102 valence electrons. The minimum Gasteiger partial charge on any atom is -0.497 e. The van der Waals surface area contributed by atoms with Crippen LogP contribution in [0.3, 0.4) is 0 Å². The first-order chi connectivity index (χ1) is 9.24. The Labute approximate surface area is 111 Å². The summed E-state index contributed by atoms with van der Waals surface area (Å²) in [7, 11) is 3.20. The zero-order chi connectivity index (χ0) is 13.8. The average molecular weight is 263 g/mol. The van der Waals surface area contributed by atoms with Gasteiger partial charge < -0.3 is 14.6 Å². The first kappa shape index (κ1) is 13.4. The van der Waals surface area contributed by atoms with Crippen molar-refractivity contribution in [2.75, 3.05) is 14.2 Å². The Morgan fingerprint density at radius 2 is 2.05 bits per heavy atom. The lowest BCUT2D eigenvalue weighted by molar-refractivity contribution is 0.275. The molecule has 1 aromatic heterocycles. The molecule has 0 aliphatic carbocycles. The summed E-state index contributed by atoms with van der Waals surface area (Å²) in [4.78, 5) is 0. The van der Waals surface area contributed by atoms with Crippen LogP contribution in [0.5, 0.6) is 11.5 Å². The summed E-state index contributed by atoms with van der Waals surface area (Å²) >= 11 is 0. The smallest absolute Gasteiger partial charge is 0.144 e. The van der Waals surface area contributed by atoms with Gasteiger partial charge in [-0.25, -0.2) is 4.68 Å². The van der Waals surface area contributed by atoms with Gasteiger partial charge in [0.15, 0.2) is 0 Å². The zero-order valence-corrected chi connectivity index (χ0v) is 11.3. The van der Waals surface area contributed by atoms with Crippen LogP contribution >= 0.6 is 0 Å². The molecule has 19 heavy (non-hydrogen) atoms. The van der Waals surface area contributed by atoms with E-state index in [1.54, 1.807) is 18.9 Å². The van der Waals surface area contributed by atoms with Crippen LogP contribution in [-0.4, -0.2) is 34.3 Å². The van der Waals surface area contributed by atoms with Gasteiger partial charge in [0.05, 0.1) is 26.5 Å². The van der Waals surface area contributed by atoms with Crippen molar-refractivity contribution in [2.45, 2.75) is 20.0 Å². The predicted molar refractivity (Wildman–Crippen MR) is 69.8 cm³/mol. The number of hydrogen-bond acceptors (Lipinski definition) is 5. The van der Waals surface area contributed by atoms with E-state index in [2.05, 4.69) is 10.3 Å². The number of aromatic nitrogens is 3. The molecule has 0 fully saturated rings. The molecular weight excluding hydrogens is 246 g/mol. The fraction of sp³-hybridized carbons (Fsp3) is 0.385. The molecule has 0 bridgehead atoms. The highest BCUT2D eigenvalue weighted by Gasteiger charge is 2.15. The maximum atomic E-state index is 9.27. The summed E-state index contributed by atoms with van der Waals surface area (Å²) in [5, 5.41) is 17.3. The van der Waals surface area contributed by atoms with Gasteiger partial charge in [-0.1, -0.05) is 12.1 Å². The second-order valence-electron chi connectivity index (χ2n) is 3.94. The monoisotopic (exact) mass is 263 g/mol. The van der Waals surface area contributed by atoms with Crippen molar-refractivity contribution in [1.29, 1.82) is 0 Å². The Morgan fingerprint density at radius 3 is 2.63 bits per heavy atom. The maximum absolute atomic E-state index is 9.27. The third kappa shape index (κ3) is 2.39. The van der Waals surface area contributed by atoms with E-state index in [9.17, 15) is 5.11 Å². The molecule has 0 aliphatic heterocycles. The number of rotatable bonds is 5. The molecule has 6 nitrogen and oxygen atoms in total. The highest BCUT2D eigenvalue weighted by atomic mass is 16.5. The molecule has 0 aliphatic rings. The lowest BCUT2D eigenvalue weighted by atomic mass is 10.2. The van der Waals surface area contributed by atoms with Crippen molar-refractivity contribution in [3.63, 3.8) is 0 Å². The van der Waals surface area contributed by atoms with Gasteiger partial charge in [-0.05, 0) is 18.6 Å². The number of methoxy groups -OCH3 is 2. The lowest BCUT2D eigenvalue weighted by Gasteiger charge is -2.12. The molecule has 0 atom stereocenters. The Balaban J connectivity index is 2.59. The van der Waals surface area contributed by atoms with Crippen LogP contribution in [0.15, 0.2) is 18.2 Å². The molecular formula is C13H17N3O3. The van der Waals surface area contributed by atoms with E-state index >= 15 is 0 Å². The molecule has 6 heteroatoms. The van der Waals surface area contributed by atoms with Crippen LogP contribution < -0.4 is 9.47 Å². The van der Waals surface area contributed by atoms with Crippen molar-refractivity contribution in [3.8, 4) is 17.2 Å². The van der Waals surface area contributed by atoms with Gasteiger partial charge in [-0.3, -0.25) is 0 Å². The van der Waals surface area contributed by atoms with Crippen LogP contribution in [0.2, 0.25) is 0 Å². The lowest BCUT2D eigenvalue weighted by Crippen LogP contribution is -2.05. The van der Waals surface area contributed by atoms with Crippen LogP contribution in [0, 0.1) is 0 Å². The molecule has 1 heterocycles. The second-order valence-corrected chi connectivity index (χ2v) is 3.94. The van der Waals surface area contributed by atoms with Gasteiger partial charge in [-0.15, -0.1) is 5.10 Å². The number of aliphatic hydroxyl groups excluding tert-OH is 1. The summed E-state index contributed by atoms with van der Waals surface area (Å²) in [6.07, 6.45) is 0.712. The van der Waals surface area contributed by atoms with Gasteiger partial charge in [0, 0.05) is 6.07 Å². The van der Waals surface area contributed by atoms with Gasteiger partial charge in [0.1, 0.15) is 22.9 Å². The fourth-order valence-electron chi connectivity index (χ4n) is 1.97. The molecule has 0 radical (unpaired) electrons. The van der Waals surface area contributed by atoms with E-state index in [1.807, 2.05) is 25.1 Å². The van der Waals surface area contributed by atoms with Crippen molar-refractivity contribution in [1.82, 2.24) is 15.0 Å². The summed E-state index contributed by atoms with van der Waals surface area (Å²) in [6, 6.07) is 5.46. The van der Waals surface area contributed by atoms with Crippen LogP contribution in [-0.2, 0) is 13.0 Å². The summed E-state index contributed by atoms with van der Waals surface area (Å²) in [6.45, 7) is 1.86. The van der Waals surface area contributed by atoms with Crippen molar-refractivity contribution < 1.29 is 14.6 Å². The quantitative estimate of drug-likeness (QED) is 0.881. The minimum atomic E-state index is -0.130. The third-order valence-electron chi connectivity index (χ3n) is 2.94. The summed E-state index contributed by atoms with van der Waals surface area (Å²) in [5.74, 6) is 1.38. The van der Waals surface area contributed by atoms with Gasteiger partial charge in [-0.2, -0.15) is 0 Å². The molecule has 0 unspecified atom stereocenters. The summed E-state index contributed by atoms with van der Waals surface area (Å²) < 4.78 is 12.2. The first-order valence-electron chi connectivity index (χ1n) is 6.01. The van der Waals surface area contributed by atoms with Crippen LogP contribution in [0.1, 0.15) is 18.3 Å².